The van der Waals surface area contributed by atoms with Crippen LogP contribution in [0.4, 0.5) is 0 Å². The number of rotatable bonds is 2. The molecule has 1 aromatic carbocycles. The Bertz CT molecular complexity index is 366. The minimum atomic E-state index is -0.411. The van der Waals surface area contributed by atoms with Crippen molar-refractivity contribution in [3.8, 4) is 0 Å². The molecule has 0 heterocycles. The molecule has 0 radical (unpaired) electrons. The Balaban J connectivity index is 3.09. The quantitative estimate of drug-likeness (QED) is 0.599. The number of carbonyl (C=O) groups is 1. The summed E-state index contributed by atoms with van der Waals surface area (Å²) in [5.41, 5.74) is 0.364. The van der Waals surface area contributed by atoms with Crippen LogP contribution < -0.4 is 0 Å². The van der Waals surface area contributed by atoms with Crippen LogP contribution in [0.15, 0.2) is 21.1 Å². The zero-order valence-electron chi connectivity index (χ0n) is 7.31. The predicted octanol–water partition coefficient (Wildman–Crippen LogP) is 4.04. The van der Waals surface area contributed by atoms with Gasteiger partial charge in [0.25, 0.3) is 0 Å². The van der Waals surface area contributed by atoms with Crippen molar-refractivity contribution < 1.29 is 9.53 Å². The Morgan fingerprint density at radius 2 is 2.00 bits per heavy atom. The summed E-state index contributed by atoms with van der Waals surface area (Å²) in [6.45, 7) is 2.09. The van der Waals surface area contributed by atoms with E-state index >= 15 is 0 Å². The van der Waals surface area contributed by atoms with E-state index < -0.39 is 5.97 Å². The molecule has 0 bridgehead atoms. The number of carbonyl (C=O) groups excluding carboxylic acids is 1. The van der Waals surface area contributed by atoms with Gasteiger partial charge in [-0.25, -0.2) is 4.79 Å². The molecule has 0 unspecified atom stereocenters. The lowest BCUT2D eigenvalue weighted by molar-refractivity contribution is 0.0526. The van der Waals surface area contributed by atoms with Crippen molar-refractivity contribution in [2.24, 2.45) is 0 Å². The SMILES string of the molecule is CCOC(=O)c1cc(Br)c(Br)cc1Cl. The van der Waals surface area contributed by atoms with Crippen LogP contribution in [-0.2, 0) is 4.74 Å². The molecule has 14 heavy (non-hydrogen) atoms. The van der Waals surface area contributed by atoms with Gasteiger partial charge in [-0.05, 0) is 50.9 Å². The molecule has 0 aromatic heterocycles. The fraction of sp³-hybridized carbons (Fsp3) is 0.222. The van der Waals surface area contributed by atoms with E-state index in [4.69, 9.17) is 16.3 Å². The Hall–Kier alpha value is -0.0600. The van der Waals surface area contributed by atoms with Crippen LogP contribution in [0.1, 0.15) is 17.3 Å². The largest absolute Gasteiger partial charge is 0.462 e. The van der Waals surface area contributed by atoms with E-state index in [9.17, 15) is 4.79 Å². The summed E-state index contributed by atoms with van der Waals surface area (Å²) in [6.07, 6.45) is 0. The Kier molecular flexibility index (Phi) is 4.41. The van der Waals surface area contributed by atoms with Crippen molar-refractivity contribution >= 4 is 49.4 Å². The van der Waals surface area contributed by atoms with Gasteiger partial charge in [0, 0.05) is 8.95 Å². The number of ether oxygens (including phenoxy) is 1. The van der Waals surface area contributed by atoms with Crippen molar-refractivity contribution in [3.05, 3.63) is 31.7 Å². The van der Waals surface area contributed by atoms with Crippen molar-refractivity contribution in [2.75, 3.05) is 6.61 Å². The number of hydrogen-bond acceptors (Lipinski definition) is 2. The van der Waals surface area contributed by atoms with Crippen LogP contribution in [0, 0.1) is 0 Å². The highest BCUT2D eigenvalue weighted by molar-refractivity contribution is 9.13. The predicted molar refractivity (Wildman–Crippen MR) is 62.8 cm³/mol. The van der Waals surface area contributed by atoms with Gasteiger partial charge >= 0.3 is 5.97 Å². The maximum atomic E-state index is 11.4. The first-order valence-corrected chi connectivity index (χ1v) is 5.84. The van der Waals surface area contributed by atoms with Gasteiger partial charge in [-0.2, -0.15) is 0 Å². The molecular weight excluding hydrogens is 335 g/mol. The molecule has 0 fully saturated rings. The molecule has 0 aliphatic carbocycles. The van der Waals surface area contributed by atoms with Gasteiger partial charge in [-0.3, -0.25) is 0 Å². The average molecular weight is 342 g/mol. The second kappa shape index (κ2) is 5.14. The van der Waals surface area contributed by atoms with Gasteiger partial charge in [-0.15, -0.1) is 0 Å². The van der Waals surface area contributed by atoms with Gasteiger partial charge in [-0.1, -0.05) is 11.6 Å². The van der Waals surface area contributed by atoms with E-state index in [0.717, 1.165) is 8.95 Å². The fourth-order valence-electron chi connectivity index (χ4n) is 0.888. The molecular formula is C9H7Br2ClO2. The van der Waals surface area contributed by atoms with Crippen molar-refractivity contribution in [1.82, 2.24) is 0 Å². The lowest BCUT2D eigenvalue weighted by Crippen LogP contribution is -2.05. The molecule has 2 nitrogen and oxygen atoms in total. The average Bonchev–Trinajstić information content (AvgIpc) is 2.11. The Morgan fingerprint density at radius 1 is 1.43 bits per heavy atom. The molecule has 0 spiro atoms. The van der Waals surface area contributed by atoms with Gasteiger partial charge < -0.3 is 4.74 Å². The second-order valence-electron chi connectivity index (χ2n) is 2.47. The molecule has 0 N–H and O–H groups in total. The van der Waals surface area contributed by atoms with Crippen molar-refractivity contribution in [1.29, 1.82) is 0 Å². The number of hydrogen-bond donors (Lipinski definition) is 0. The van der Waals surface area contributed by atoms with Crippen LogP contribution in [0.25, 0.3) is 0 Å². The molecule has 1 rings (SSSR count). The third kappa shape index (κ3) is 2.72. The molecule has 5 heteroatoms. The summed E-state index contributed by atoms with van der Waals surface area (Å²) < 4.78 is 6.41. The summed E-state index contributed by atoms with van der Waals surface area (Å²) in [4.78, 5) is 11.4. The second-order valence-corrected chi connectivity index (χ2v) is 4.58. The van der Waals surface area contributed by atoms with Crippen LogP contribution in [0.5, 0.6) is 0 Å². The first-order valence-electron chi connectivity index (χ1n) is 3.88. The first kappa shape index (κ1) is 12.0. The van der Waals surface area contributed by atoms with Crippen molar-refractivity contribution in [3.63, 3.8) is 0 Å². The lowest BCUT2D eigenvalue weighted by atomic mass is 10.2. The standard InChI is InChI=1S/C9H7Br2ClO2/c1-2-14-9(13)5-3-6(10)7(11)4-8(5)12/h3-4H,2H2,1H3. The summed E-state index contributed by atoms with van der Waals surface area (Å²) in [7, 11) is 0. The minimum absolute atomic E-state index is 0.336. The summed E-state index contributed by atoms with van der Waals surface area (Å²) in [5.74, 6) is -0.411. The molecule has 0 saturated carbocycles. The Labute approximate surface area is 104 Å². The highest BCUT2D eigenvalue weighted by Crippen LogP contribution is 2.29. The number of benzene rings is 1. The fourth-order valence-corrected chi connectivity index (χ4v) is 1.95. The van der Waals surface area contributed by atoms with Crippen molar-refractivity contribution in [2.45, 2.75) is 6.92 Å². The minimum Gasteiger partial charge on any atom is -0.462 e. The monoisotopic (exact) mass is 340 g/mol. The maximum absolute atomic E-state index is 11.4. The van der Waals surface area contributed by atoms with Gasteiger partial charge in [0.2, 0.25) is 0 Å². The van der Waals surface area contributed by atoms with Gasteiger partial charge in [0.1, 0.15) is 0 Å². The molecule has 0 saturated heterocycles. The lowest BCUT2D eigenvalue weighted by Gasteiger charge is -2.05. The highest BCUT2D eigenvalue weighted by atomic mass is 79.9. The molecule has 76 valence electrons. The van der Waals surface area contributed by atoms with E-state index in [1.165, 1.54) is 0 Å². The molecule has 0 aliphatic rings. The zero-order valence-corrected chi connectivity index (χ0v) is 11.2. The highest BCUT2D eigenvalue weighted by Gasteiger charge is 2.13. The zero-order chi connectivity index (χ0) is 10.7. The molecule has 0 atom stereocenters. The van der Waals surface area contributed by atoms with Crippen LogP contribution in [0.3, 0.4) is 0 Å². The normalized spacial score (nSPS) is 10.0. The van der Waals surface area contributed by atoms with Gasteiger partial charge in [0.15, 0.2) is 0 Å². The number of esters is 1. The summed E-state index contributed by atoms with van der Waals surface area (Å²) >= 11 is 12.5. The smallest absolute Gasteiger partial charge is 0.339 e. The van der Waals surface area contributed by atoms with E-state index in [2.05, 4.69) is 31.9 Å². The molecule has 1 aromatic rings. The van der Waals surface area contributed by atoms with E-state index in [1.807, 2.05) is 0 Å². The number of halogens is 3. The third-order valence-electron chi connectivity index (χ3n) is 1.51. The first-order chi connectivity index (χ1) is 6.56. The molecule has 0 aliphatic heterocycles. The summed E-state index contributed by atoms with van der Waals surface area (Å²) in [6, 6.07) is 3.28. The maximum Gasteiger partial charge on any atom is 0.339 e. The van der Waals surface area contributed by atoms with Gasteiger partial charge in [0.05, 0.1) is 17.2 Å². The molecule has 0 amide bonds. The van der Waals surface area contributed by atoms with Crippen LogP contribution >= 0.6 is 43.5 Å². The Morgan fingerprint density at radius 3 is 2.57 bits per heavy atom. The van der Waals surface area contributed by atoms with Crippen LogP contribution in [0.2, 0.25) is 5.02 Å². The topological polar surface area (TPSA) is 26.3 Å². The van der Waals surface area contributed by atoms with E-state index in [1.54, 1.807) is 19.1 Å². The summed E-state index contributed by atoms with van der Waals surface area (Å²) in [5, 5.41) is 0.374. The van der Waals surface area contributed by atoms with Crippen LogP contribution in [-0.4, -0.2) is 12.6 Å². The third-order valence-corrected chi connectivity index (χ3v) is 3.66. The van der Waals surface area contributed by atoms with E-state index in [-0.39, 0.29) is 0 Å². The van der Waals surface area contributed by atoms with E-state index in [0.29, 0.717) is 17.2 Å².